The van der Waals surface area contributed by atoms with E-state index >= 15 is 0 Å². The van der Waals surface area contributed by atoms with Gasteiger partial charge in [-0.3, -0.25) is 4.99 Å². The lowest BCUT2D eigenvalue weighted by Gasteiger charge is -2.22. The van der Waals surface area contributed by atoms with E-state index < -0.39 is 0 Å². The van der Waals surface area contributed by atoms with Crippen LogP contribution in [-0.4, -0.2) is 37.2 Å². The van der Waals surface area contributed by atoms with Crippen molar-refractivity contribution in [1.82, 2.24) is 15.6 Å². The lowest BCUT2D eigenvalue weighted by Crippen LogP contribution is -2.37. The van der Waals surface area contributed by atoms with Crippen LogP contribution in [0.4, 0.5) is 0 Å². The molecule has 26 heavy (non-hydrogen) atoms. The zero-order valence-electron chi connectivity index (χ0n) is 16.6. The van der Waals surface area contributed by atoms with Crippen molar-refractivity contribution in [2.24, 2.45) is 4.99 Å². The molecule has 0 spiro atoms. The van der Waals surface area contributed by atoms with Gasteiger partial charge in [0.1, 0.15) is 0 Å². The number of rotatable bonds is 7. The standard InChI is InChI=1S/C19H34N4OS.HI/c1-19(2,3)17-23-15(14-25-17)13-22-18(20-4)21-11-8-12-24-16-9-6-5-7-10-16;/h14,16H,5-13H2,1-4H3,(H2,20,21,22);1H. The number of halogens is 1. The first kappa shape index (κ1) is 23.6. The van der Waals surface area contributed by atoms with Crippen LogP contribution < -0.4 is 10.6 Å². The fourth-order valence-electron chi connectivity index (χ4n) is 2.89. The van der Waals surface area contributed by atoms with Crippen molar-refractivity contribution in [3.05, 3.63) is 16.1 Å². The van der Waals surface area contributed by atoms with E-state index in [4.69, 9.17) is 9.72 Å². The Morgan fingerprint density at radius 3 is 2.62 bits per heavy atom. The Kier molecular flexibility index (Phi) is 11.0. The molecule has 1 aliphatic rings. The van der Waals surface area contributed by atoms with E-state index in [9.17, 15) is 0 Å². The molecule has 1 aromatic rings. The van der Waals surface area contributed by atoms with Crippen LogP contribution in [0.5, 0.6) is 0 Å². The third-order valence-electron chi connectivity index (χ3n) is 4.37. The highest BCUT2D eigenvalue weighted by Gasteiger charge is 2.18. The van der Waals surface area contributed by atoms with E-state index in [1.165, 1.54) is 37.1 Å². The van der Waals surface area contributed by atoms with Gasteiger partial charge in [-0.05, 0) is 19.3 Å². The summed E-state index contributed by atoms with van der Waals surface area (Å²) < 4.78 is 5.95. The van der Waals surface area contributed by atoms with Crippen molar-refractivity contribution in [2.45, 2.75) is 77.4 Å². The second-order valence-corrected chi connectivity index (χ2v) is 8.59. The maximum absolute atomic E-state index is 5.95. The molecule has 1 saturated carbocycles. The molecule has 0 radical (unpaired) electrons. The van der Waals surface area contributed by atoms with Crippen LogP contribution in [-0.2, 0) is 16.7 Å². The van der Waals surface area contributed by atoms with Crippen molar-refractivity contribution in [3.8, 4) is 0 Å². The molecule has 150 valence electrons. The molecule has 7 heteroatoms. The van der Waals surface area contributed by atoms with Crippen molar-refractivity contribution < 1.29 is 4.74 Å². The van der Waals surface area contributed by atoms with E-state index in [-0.39, 0.29) is 29.4 Å². The first-order valence-electron chi connectivity index (χ1n) is 9.50. The molecule has 0 saturated heterocycles. The first-order chi connectivity index (χ1) is 12.0. The molecule has 0 atom stereocenters. The molecule has 0 bridgehead atoms. The van der Waals surface area contributed by atoms with Crippen LogP contribution in [0.3, 0.4) is 0 Å². The van der Waals surface area contributed by atoms with Crippen LogP contribution in [0.25, 0.3) is 0 Å². The fourth-order valence-corrected chi connectivity index (χ4v) is 3.80. The molecule has 1 aromatic heterocycles. The number of nitrogens with one attached hydrogen (secondary N) is 2. The summed E-state index contributed by atoms with van der Waals surface area (Å²) in [6, 6.07) is 0. The smallest absolute Gasteiger partial charge is 0.191 e. The van der Waals surface area contributed by atoms with Crippen molar-refractivity contribution in [3.63, 3.8) is 0 Å². The minimum absolute atomic E-state index is 0. The molecule has 2 rings (SSSR count). The Labute approximate surface area is 179 Å². The summed E-state index contributed by atoms with van der Waals surface area (Å²) in [5.74, 6) is 0.822. The SMILES string of the molecule is CN=C(NCCCOC1CCCCC1)NCc1csc(C(C)(C)C)n1.I. The van der Waals surface area contributed by atoms with Gasteiger partial charge in [-0.15, -0.1) is 35.3 Å². The van der Waals surface area contributed by atoms with Gasteiger partial charge in [0, 0.05) is 31.0 Å². The molecule has 5 nitrogen and oxygen atoms in total. The maximum Gasteiger partial charge on any atom is 0.191 e. The van der Waals surface area contributed by atoms with Gasteiger partial charge < -0.3 is 15.4 Å². The summed E-state index contributed by atoms with van der Waals surface area (Å²) in [6.07, 6.45) is 8.00. The van der Waals surface area contributed by atoms with Crippen LogP contribution in [0.15, 0.2) is 10.4 Å². The van der Waals surface area contributed by atoms with Gasteiger partial charge in [-0.1, -0.05) is 40.0 Å². The quantitative estimate of drug-likeness (QED) is 0.254. The first-order valence-corrected chi connectivity index (χ1v) is 10.4. The van der Waals surface area contributed by atoms with Gasteiger partial charge in [-0.25, -0.2) is 4.98 Å². The Bertz CT molecular complexity index is 536. The predicted molar refractivity (Wildman–Crippen MR) is 122 cm³/mol. The molecule has 1 fully saturated rings. The number of hydrogen-bond donors (Lipinski definition) is 2. The Balaban J connectivity index is 0.00000338. The minimum Gasteiger partial charge on any atom is -0.378 e. The van der Waals surface area contributed by atoms with E-state index in [0.29, 0.717) is 12.6 Å². The summed E-state index contributed by atoms with van der Waals surface area (Å²) in [5.41, 5.74) is 1.18. The second kappa shape index (κ2) is 12.1. The summed E-state index contributed by atoms with van der Waals surface area (Å²) in [7, 11) is 1.80. The summed E-state index contributed by atoms with van der Waals surface area (Å²) in [4.78, 5) is 8.98. The monoisotopic (exact) mass is 494 g/mol. The van der Waals surface area contributed by atoms with Crippen LogP contribution in [0, 0.1) is 0 Å². The Morgan fingerprint density at radius 2 is 2.00 bits per heavy atom. The minimum atomic E-state index is 0. The van der Waals surface area contributed by atoms with E-state index in [0.717, 1.165) is 31.2 Å². The van der Waals surface area contributed by atoms with Gasteiger partial charge >= 0.3 is 0 Å². The molecule has 0 unspecified atom stereocenters. The van der Waals surface area contributed by atoms with Gasteiger partial charge in [-0.2, -0.15) is 0 Å². The third kappa shape index (κ3) is 8.52. The normalized spacial score (nSPS) is 16.2. The lowest BCUT2D eigenvalue weighted by atomic mass is 9.98. The van der Waals surface area contributed by atoms with Crippen LogP contribution >= 0.6 is 35.3 Å². The molecule has 0 aliphatic heterocycles. The summed E-state index contributed by atoms with van der Waals surface area (Å²) in [6.45, 7) is 8.98. The second-order valence-electron chi connectivity index (χ2n) is 7.73. The number of guanidine groups is 1. The van der Waals surface area contributed by atoms with Gasteiger partial charge in [0.2, 0.25) is 0 Å². The average Bonchev–Trinajstić information content (AvgIpc) is 3.07. The number of nitrogens with zero attached hydrogens (tertiary/aromatic N) is 2. The largest absolute Gasteiger partial charge is 0.378 e. The fraction of sp³-hybridized carbons (Fsp3) is 0.789. The molecule has 0 aromatic carbocycles. The topological polar surface area (TPSA) is 58.5 Å². The highest BCUT2D eigenvalue weighted by Crippen LogP contribution is 2.25. The summed E-state index contributed by atoms with van der Waals surface area (Å²) >= 11 is 1.73. The molecule has 1 aliphatic carbocycles. The van der Waals surface area contributed by atoms with Gasteiger partial charge in [0.05, 0.1) is 23.4 Å². The van der Waals surface area contributed by atoms with E-state index in [2.05, 4.69) is 41.8 Å². The molecule has 2 N–H and O–H groups in total. The van der Waals surface area contributed by atoms with Crippen LogP contribution in [0.1, 0.15) is 70.0 Å². The number of hydrogen-bond acceptors (Lipinski definition) is 4. The summed E-state index contributed by atoms with van der Waals surface area (Å²) in [5, 5.41) is 9.98. The maximum atomic E-state index is 5.95. The number of thiazole rings is 1. The molecular formula is C19H35IN4OS. The predicted octanol–water partition coefficient (Wildman–Crippen LogP) is 4.46. The zero-order valence-corrected chi connectivity index (χ0v) is 19.8. The molecule has 0 amide bonds. The number of ether oxygens (including phenoxy) is 1. The van der Waals surface area contributed by atoms with E-state index in [1.54, 1.807) is 18.4 Å². The lowest BCUT2D eigenvalue weighted by molar-refractivity contribution is 0.0277. The average molecular weight is 494 g/mol. The zero-order chi connectivity index (χ0) is 18.1. The van der Waals surface area contributed by atoms with Crippen molar-refractivity contribution in [2.75, 3.05) is 20.2 Å². The molecular weight excluding hydrogens is 459 g/mol. The van der Waals surface area contributed by atoms with E-state index in [1.807, 2.05) is 0 Å². The Morgan fingerprint density at radius 1 is 1.27 bits per heavy atom. The van der Waals surface area contributed by atoms with Crippen molar-refractivity contribution >= 4 is 41.3 Å². The number of aliphatic imine (C=N–C) groups is 1. The highest BCUT2D eigenvalue weighted by molar-refractivity contribution is 14.0. The van der Waals surface area contributed by atoms with Gasteiger partial charge in [0.25, 0.3) is 0 Å². The van der Waals surface area contributed by atoms with Crippen molar-refractivity contribution in [1.29, 1.82) is 0 Å². The van der Waals surface area contributed by atoms with Gasteiger partial charge in [0.15, 0.2) is 5.96 Å². The van der Waals surface area contributed by atoms with Crippen LogP contribution in [0.2, 0.25) is 0 Å². The highest BCUT2D eigenvalue weighted by atomic mass is 127. The Hall–Kier alpha value is -0.410. The molecule has 1 heterocycles. The third-order valence-corrected chi connectivity index (χ3v) is 5.69. The number of aromatic nitrogens is 1.